The minimum Gasteiger partial charge on any atom is -0.461 e. The topological polar surface area (TPSA) is 97.4 Å². The zero-order valence-corrected chi connectivity index (χ0v) is 22.2. The molecule has 2 atom stereocenters. The highest BCUT2D eigenvalue weighted by molar-refractivity contribution is 5.87. The number of nitrogens with one attached hydrogen (secondary N) is 1. The van der Waals surface area contributed by atoms with Crippen molar-refractivity contribution in [2.45, 2.75) is 51.3 Å². The average Bonchev–Trinajstić information content (AvgIpc) is 3.34. The van der Waals surface area contributed by atoms with Crippen LogP contribution in [0.15, 0.2) is 48.5 Å². The number of nitrogens with zero attached hydrogens (tertiary/aromatic N) is 2. The predicted octanol–water partition coefficient (Wildman–Crippen LogP) is 2.42. The number of carbonyl (C=O) groups is 3. The molecule has 1 heterocycles. The molecule has 0 bridgehead atoms. The fourth-order valence-corrected chi connectivity index (χ4v) is 4.09. The summed E-state index contributed by atoms with van der Waals surface area (Å²) in [5.41, 5.74) is 1.24. The highest BCUT2D eigenvalue weighted by Crippen LogP contribution is 2.33. The van der Waals surface area contributed by atoms with Gasteiger partial charge >= 0.3 is 0 Å². The molecule has 9 heteroatoms. The number of likely N-dealkylation sites (N-methyl/N-ethyl adjacent to an activating group) is 2. The summed E-state index contributed by atoms with van der Waals surface area (Å²) in [4.78, 5) is 40.4. The molecule has 9 nitrogen and oxygen atoms in total. The van der Waals surface area contributed by atoms with Crippen molar-refractivity contribution in [2.24, 2.45) is 0 Å². The Morgan fingerprint density at radius 2 is 1.76 bits per heavy atom. The van der Waals surface area contributed by atoms with Crippen LogP contribution in [0.4, 0.5) is 0 Å². The van der Waals surface area contributed by atoms with E-state index in [0.717, 1.165) is 16.9 Å². The lowest BCUT2D eigenvalue weighted by Gasteiger charge is -2.31. The predicted molar refractivity (Wildman–Crippen MR) is 139 cm³/mol. The smallest absolute Gasteiger partial charge is 0.293 e. The van der Waals surface area contributed by atoms with Crippen molar-refractivity contribution in [3.05, 3.63) is 59.7 Å². The quantitative estimate of drug-likeness (QED) is 0.413. The summed E-state index contributed by atoms with van der Waals surface area (Å²) in [5.74, 6) is 1.06. The Kier molecular flexibility index (Phi) is 9.52. The summed E-state index contributed by atoms with van der Waals surface area (Å²) in [7, 11) is 3.38. The summed E-state index contributed by atoms with van der Waals surface area (Å²) in [6.07, 6.45) is 1.08. The third-order valence-electron chi connectivity index (χ3n) is 6.49. The van der Waals surface area contributed by atoms with Crippen molar-refractivity contribution < 1.29 is 28.6 Å². The number of carbonyl (C=O) groups excluding carboxylic acids is 3. The summed E-state index contributed by atoms with van der Waals surface area (Å²) < 4.78 is 15.9. The number of hydrogen-bond acceptors (Lipinski definition) is 7. The molecule has 0 saturated carbocycles. The van der Waals surface area contributed by atoms with Gasteiger partial charge in [-0.05, 0) is 56.9 Å². The molecule has 1 aliphatic heterocycles. The van der Waals surface area contributed by atoms with Crippen LogP contribution in [-0.2, 0) is 32.0 Å². The van der Waals surface area contributed by atoms with Crippen LogP contribution in [0, 0.1) is 0 Å². The first-order valence-electron chi connectivity index (χ1n) is 12.4. The van der Waals surface area contributed by atoms with Crippen molar-refractivity contribution in [3.8, 4) is 11.5 Å². The van der Waals surface area contributed by atoms with Gasteiger partial charge in [0.05, 0.1) is 12.6 Å². The minimum atomic E-state index is -0.782. The Balaban J connectivity index is 1.61. The Labute approximate surface area is 218 Å². The standard InChI is InChI=1S/C28H37N3O6/c1-20(13-22-11-12-24-25(15-22)36-19-35-24)31(5)26(33)16-30(4)27(34)23(14-21-9-7-6-8-10-21)29-17-28(2,3)37-18-32/h6-12,15,18,20,23,29H,13-14,16-17,19H2,1-5H3/t20?,23-/m0/s1. The van der Waals surface area contributed by atoms with Crippen LogP contribution in [0.25, 0.3) is 0 Å². The molecule has 0 radical (unpaired) electrons. The molecule has 1 N–H and O–H groups in total. The van der Waals surface area contributed by atoms with E-state index in [2.05, 4.69) is 5.32 Å². The van der Waals surface area contributed by atoms with Gasteiger partial charge in [0.15, 0.2) is 11.5 Å². The van der Waals surface area contributed by atoms with E-state index in [-0.39, 0.29) is 37.7 Å². The Bertz CT molecular complexity index is 1070. The monoisotopic (exact) mass is 511 g/mol. The van der Waals surface area contributed by atoms with E-state index < -0.39 is 11.6 Å². The lowest BCUT2D eigenvalue weighted by atomic mass is 10.0. The van der Waals surface area contributed by atoms with Gasteiger partial charge in [-0.3, -0.25) is 14.4 Å². The molecule has 0 aliphatic carbocycles. The molecule has 0 aromatic heterocycles. The minimum absolute atomic E-state index is 0.0536. The molecule has 1 unspecified atom stereocenters. The number of fused-ring (bicyclic) bond motifs is 1. The molecule has 1 aliphatic rings. The van der Waals surface area contributed by atoms with E-state index >= 15 is 0 Å². The van der Waals surface area contributed by atoms with E-state index in [4.69, 9.17) is 14.2 Å². The van der Waals surface area contributed by atoms with E-state index in [1.807, 2.05) is 55.5 Å². The van der Waals surface area contributed by atoms with Crippen molar-refractivity contribution in [1.82, 2.24) is 15.1 Å². The van der Waals surface area contributed by atoms with Gasteiger partial charge in [0, 0.05) is 26.7 Å². The normalized spacial score (nSPS) is 14.0. The van der Waals surface area contributed by atoms with E-state index in [1.54, 1.807) is 32.8 Å². The molecule has 2 aromatic carbocycles. The first-order valence-corrected chi connectivity index (χ1v) is 12.4. The fourth-order valence-electron chi connectivity index (χ4n) is 4.09. The van der Waals surface area contributed by atoms with Gasteiger partial charge in [0.1, 0.15) is 5.60 Å². The van der Waals surface area contributed by atoms with Crippen molar-refractivity contribution in [2.75, 3.05) is 34.0 Å². The highest BCUT2D eigenvalue weighted by Gasteiger charge is 2.28. The Morgan fingerprint density at radius 1 is 1.05 bits per heavy atom. The lowest BCUT2D eigenvalue weighted by Crippen LogP contribution is -2.52. The maximum Gasteiger partial charge on any atom is 0.293 e. The number of ether oxygens (including phenoxy) is 3. The lowest BCUT2D eigenvalue weighted by molar-refractivity contribution is -0.142. The molecule has 2 amide bonds. The zero-order chi connectivity index (χ0) is 27.0. The van der Waals surface area contributed by atoms with E-state index in [1.165, 1.54) is 4.90 Å². The number of hydrogen-bond donors (Lipinski definition) is 1. The maximum atomic E-state index is 13.4. The van der Waals surface area contributed by atoms with Crippen LogP contribution in [0.5, 0.6) is 11.5 Å². The number of amides is 2. The second-order valence-corrected chi connectivity index (χ2v) is 10.0. The van der Waals surface area contributed by atoms with Crippen molar-refractivity contribution in [1.29, 1.82) is 0 Å². The third-order valence-corrected chi connectivity index (χ3v) is 6.49. The second kappa shape index (κ2) is 12.6. The molecular weight excluding hydrogens is 474 g/mol. The van der Waals surface area contributed by atoms with Crippen molar-refractivity contribution in [3.63, 3.8) is 0 Å². The van der Waals surface area contributed by atoms with Gasteiger partial charge in [0.25, 0.3) is 6.47 Å². The molecule has 37 heavy (non-hydrogen) atoms. The largest absolute Gasteiger partial charge is 0.461 e. The molecule has 0 fully saturated rings. The Morgan fingerprint density at radius 3 is 2.46 bits per heavy atom. The molecule has 0 spiro atoms. The van der Waals surface area contributed by atoms with Crippen LogP contribution in [0.3, 0.4) is 0 Å². The molecule has 0 saturated heterocycles. The zero-order valence-electron chi connectivity index (χ0n) is 22.2. The number of benzene rings is 2. The van der Waals surface area contributed by atoms with Gasteiger partial charge in [-0.2, -0.15) is 0 Å². The van der Waals surface area contributed by atoms with Crippen LogP contribution in [0.1, 0.15) is 31.9 Å². The average molecular weight is 512 g/mol. The van der Waals surface area contributed by atoms with Crippen LogP contribution in [0.2, 0.25) is 0 Å². The highest BCUT2D eigenvalue weighted by atomic mass is 16.7. The Hall–Kier alpha value is -3.59. The van der Waals surface area contributed by atoms with E-state index in [9.17, 15) is 14.4 Å². The van der Waals surface area contributed by atoms with Crippen LogP contribution < -0.4 is 14.8 Å². The van der Waals surface area contributed by atoms with Gasteiger partial charge in [-0.25, -0.2) is 0 Å². The third kappa shape index (κ3) is 7.95. The fraction of sp³-hybridized carbons (Fsp3) is 0.464. The van der Waals surface area contributed by atoms with Gasteiger partial charge < -0.3 is 29.3 Å². The molecule has 2 aromatic rings. The van der Waals surface area contributed by atoms with Crippen molar-refractivity contribution >= 4 is 18.3 Å². The molecular formula is C28H37N3O6. The second-order valence-electron chi connectivity index (χ2n) is 10.0. The first-order chi connectivity index (χ1) is 17.6. The van der Waals surface area contributed by atoms with Crippen LogP contribution >= 0.6 is 0 Å². The van der Waals surface area contributed by atoms with Gasteiger partial charge in [-0.15, -0.1) is 0 Å². The van der Waals surface area contributed by atoms with Gasteiger partial charge in [0.2, 0.25) is 18.6 Å². The summed E-state index contributed by atoms with van der Waals surface area (Å²) >= 11 is 0. The SMILES string of the molecule is CC(Cc1ccc2c(c1)OCO2)N(C)C(=O)CN(C)C(=O)[C@H](Cc1ccccc1)NCC(C)(C)OC=O. The van der Waals surface area contributed by atoms with Crippen LogP contribution in [-0.4, -0.2) is 79.7 Å². The first kappa shape index (κ1) is 28.0. The molecule has 200 valence electrons. The summed E-state index contributed by atoms with van der Waals surface area (Å²) in [6.45, 7) is 6.35. The van der Waals surface area contributed by atoms with E-state index in [0.29, 0.717) is 25.1 Å². The summed E-state index contributed by atoms with van der Waals surface area (Å²) in [6, 6.07) is 14.7. The maximum absolute atomic E-state index is 13.4. The van der Waals surface area contributed by atoms with Gasteiger partial charge in [-0.1, -0.05) is 36.4 Å². The number of rotatable bonds is 13. The summed E-state index contributed by atoms with van der Waals surface area (Å²) in [5, 5.41) is 3.23. The molecule has 3 rings (SSSR count).